The van der Waals surface area contributed by atoms with Gasteiger partial charge in [0.05, 0.1) is 11.4 Å². The lowest BCUT2D eigenvalue weighted by molar-refractivity contribution is 0.413. The predicted molar refractivity (Wildman–Crippen MR) is 93.2 cm³/mol. The number of hydrogen-bond acceptors (Lipinski definition) is 5. The Bertz CT molecular complexity index is 809. The lowest BCUT2D eigenvalue weighted by Gasteiger charge is -2.32. The molecule has 4 heterocycles. The number of aromatic nitrogens is 4. The summed E-state index contributed by atoms with van der Waals surface area (Å²) in [5, 5.41) is 8.32. The largest absolute Gasteiger partial charge is 0.357 e. The van der Waals surface area contributed by atoms with Gasteiger partial charge in [0, 0.05) is 26.1 Å². The van der Waals surface area contributed by atoms with Crippen LogP contribution in [0, 0.1) is 5.92 Å². The molecule has 3 N–H and O–H groups in total. The minimum absolute atomic E-state index is 0. The SMILES string of the molecule is NCC1CCN(c2cccc(-c3[nH]nc4ncccc34)n2)CC1.[HH]. The first-order chi connectivity index (χ1) is 11.3. The second-order valence-corrected chi connectivity index (χ2v) is 6.02. The van der Waals surface area contributed by atoms with Gasteiger partial charge in [-0.15, -0.1) is 0 Å². The van der Waals surface area contributed by atoms with E-state index < -0.39 is 0 Å². The van der Waals surface area contributed by atoms with E-state index in [-0.39, 0.29) is 1.43 Å². The highest BCUT2D eigenvalue weighted by atomic mass is 15.2. The highest BCUT2D eigenvalue weighted by Crippen LogP contribution is 2.27. The van der Waals surface area contributed by atoms with Gasteiger partial charge in [0.25, 0.3) is 0 Å². The average Bonchev–Trinajstić information content (AvgIpc) is 3.06. The maximum Gasteiger partial charge on any atom is 0.181 e. The summed E-state index contributed by atoms with van der Waals surface area (Å²) in [5.74, 6) is 1.67. The molecule has 4 rings (SSSR count). The van der Waals surface area contributed by atoms with E-state index >= 15 is 0 Å². The smallest absolute Gasteiger partial charge is 0.181 e. The zero-order valence-corrected chi connectivity index (χ0v) is 12.9. The van der Waals surface area contributed by atoms with E-state index in [9.17, 15) is 0 Å². The Balaban J connectivity index is 0.00000169. The third kappa shape index (κ3) is 2.66. The Labute approximate surface area is 136 Å². The van der Waals surface area contributed by atoms with Crippen LogP contribution in [0.25, 0.3) is 22.4 Å². The molecule has 0 spiro atoms. The van der Waals surface area contributed by atoms with Gasteiger partial charge >= 0.3 is 0 Å². The van der Waals surface area contributed by atoms with Crippen LogP contribution in [0.4, 0.5) is 5.82 Å². The highest BCUT2D eigenvalue weighted by Gasteiger charge is 2.19. The highest BCUT2D eigenvalue weighted by molar-refractivity contribution is 5.89. The third-order valence-corrected chi connectivity index (χ3v) is 4.59. The Morgan fingerprint density at radius 1 is 1.22 bits per heavy atom. The van der Waals surface area contributed by atoms with Crippen molar-refractivity contribution in [2.75, 3.05) is 24.5 Å². The maximum absolute atomic E-state index is 5.78. The quantitative estimate of drug-likeness (QED) is 0.776. The zero-order chi connectivity index (χ0) is 15.6. The number of aromatic amines is 1. The van der Waals surface area contributed by atoms with E-state index in [2.05, 4.69) is 32.2 Å². The molecular weight excluding hydrogens is 288 g/mol. The summed E-state index contributed by atoms with van der Waals surface area (Å²) in [6.07, 6.45) is 4.02. The molecule has 3 aromatic heterocycles. The van der Waals surface area contributed by atoms with Gasteiger partial charge in [0.15, 0.2) is 5.65 Å². The number of fused-ring (bicyclic) bond motifs is 1. The van der Waals surface area contributed by atoms with Crippen molar-refractivity contribution in [1.29, 1.82) is 0 Å². The fourth-order valence-corrected chi connectivity index (χ4v) is 3.18. The van der Waals surface area contributed by atoms with Crippen molar-refractivity contribution in [1.82, 2.24) is 20.2 Å². The van der Waals surface area contributed by atoms with Gasteiger partial charge in [0.2, 0.25) is 0 Å². The molecule has 1 aliphatic rings. The number of anilines is 1. The summed E-state index contributed by atoms with van der Waals surface area (Å²) in [5.41, 5.74) is 8.32. The monoisotopic (exact) mass is 310 g/mol. The van der Waals surface area contributed by atoms with Crippen molar-refractivity contribution in [3.05, 3.63) is 36.5 Å². The van der Waals surface area contributed by atoms with Crippen molar-refractivity contribution in [3.8, 4) is 11.4 Å². The molecule has 0 bridgehead atoms. The Morgan fingerprint density at radius 2 is 2.09 bits per heavy atom. The van der Waals surface area contributed by atoms with Crippen LogP contribution in [-0.4, -0.2) is 39.8 Å². The van der Waals surface area contributed by atoms with Gasteiger partial charge in [-0.05, 0) is 49.6 Å². The molecular formula is C17H22N6. The van der Waals surface area contributed by atoms with Crippen LogP contribution in [0.3, 0.4) is 0 Å². The van der Waals surface area contributed by atoms with Gasteiger partial charge in [-0.25, -0.2) is 9.97 Å². The molecule has 0 saturated carbocycles. The van der Waals surface area contributed by atoms with E-state index in [0.29, 0.717) is 5.92 Å². The van der Waals surface area contributed by atoms with Crippen LogP contribution < -0.4 is 10.6 Å². The number of H-pyrrole nitrogens is 1. The molecule has 1 saturated heterocycles. The van der Waals surface area contributed by atoms with E-state index in [4.69, 9.17) is 10.7 Å². The molecule has 23 heavy (non-hydrogen) atoms. The molecule has 6 heteroatoms. The predicted octanol–water partition coefficient (Wildman–Crippen LogP) is 2.44. The number of nitrogens with zero attached hydrogens (tertiary/aromatic N) is 4. The molecule has 0 amide bonds. The minimum Gasteiger partial charge on any atom is -0.357 e. The summed E-state index contributed by atoms with van der Waals surface area (Å²) < 4.78 is 0. The summed E-state index contributed by atoms with van der Waals surface area (Å²) in [6.45, 7) is 2.82. The van der Waals surface area contributed by atoms with Gasteiger partial charge in [-0.2, -0.15) is 5.10 Å². The van der Waals surface area contributed by atoms with E-state index in [0.717, 1.165) is 60.7 Å². The van der Waals surface area contributed by atoms with Crippen molar-refractivity contribution in [3.63, 3.8) is 0 Å². The standard InChI is InChI=1S/C17H20N6.H2/c18-11-12-6-9-23(10-7-12)15-5-1-4-14(20-15)16-13-3-2-8-19-17(13)22-21-16;/h1-5,8,12H,6-7,9-11,18H2,(H,19,21,22);1H. The number of hydrogen-bond donors (Lipinski definition) is 2. The summed E-state index contributed by atoms with van der Waals surface area (Å²) in [6, 6.07) is 10.1. The van der Waals surface area contributed by atoms with Crippen molar-refractivity contribution >= 4 is 16.9 Å². The topological polar surface area (TPSA) is 83.7 Å². The van der Waals surface area contributed by atoms with Crippen LogP contribution in [0.1, 0.15) is 14.3 Å². The maximum atomic E-state index is 5.78. The van der Waals surface area contributed by atoms with Crippen molar-refractivity contribution in [2.45, 2.75) is 12.8 Å². The van der Waals surface area contributed by atoms with Crippen molar-refractivity contribution < 1.29 is 1.43 Å². The first-order valence-electron chi connectivity index (χ1n) is 8.06. The Morgan fingerprint density at radius 3 is 2.91 bits per heavy atom. The molecule has 1 fully saturated rings. The summed E-state index contributed by atoms with van der Waals surface area (Å²) >= 11 is 0. The van der Waals surface area contributed by atoms with Gasteiger partial charge in [-0.1, -0.05) is 6.07 Å². The fourth-order valence-electron chi connectivity index (χ4n) is 3.18. The fraction of sp³-hybridized carbons (Fsp3) is 0.353. The molecule has 3 aromatic rings. The Kier molecular flexibility index (Phi) is 3.67. The number of rotatable bonds is 3. The van der Waals surface area contributed by atoms with Crippen LogP contribution in [-0.2, 0) is 0 Å². The van der Waals surface area contributed by atoms with Gasteiger partial charge < -0.3 is 10.6 Å². The normalized spacial score (nSPS) is 16.1. The number of pyridine rings is 2. The molecule has 120 valence electrons. The molecule has 0 aliphatic carbocycles. The first kappa shape index (κ1) is 14.1. The molecule has 0 aromatic carbocycles. The first-order valence-corrected chi connectivity index (χ1v) is 8.06. The number of piperidine rings is 1. The molecule has 1 aliphatic heterocycles. The number of nitrogens with one attached hydrogen (secondary N) is 1. The summed E-state index contributed by atoms with van der Waals surface area (Å²) in [4.78, 5) is 11.4. The second kappa shape index (κ2) is 5.96. The molecule has 6 nitrogen and oxygen atoms in total. The van der Waals surface area contributed by atoms with Gasteiger partial charge in [-0.3, -0.25) is 5.10 Å². The minimum atomic E-state index is 0. The average molecular weight is 310 g/mol. The lowest BCUT2D eigenvalue weighted by Crippen LogP contribution is -2.36. The van der Waals surface area contributed by atoms with E-state index in [1.165, 1.54) is 0 Å². The van der Waals surface area contributed by atoms with E-state index in [1.807, 2.05) is 18.2 Å². The second-order valence-electron chi connectivity index (χ2n) is 6.02. The Hall–Kier alpha value is -2.47. The van der Waals surface area contributed by atoms with Crippen LogP contribution in [0.5, 0.6) is 0 Å². The zero-order valence-electron chi connectivity index (χ0n) is 12.9. The van der Waals surface area contributed by atoms with Gasteiger partial charge in [0.1, 0.15) is 5.82 Å². The lowest BCUT2D eigenvalue weighted by atomic mass is 9.97. The molecule has 0 unspecified atom stereocenters. The van der Waals surface area contributed by atoms with Crippen LogP contribution in [0.15, 0.2) is 36.5 Å². The third-order valence-electron chi connectivity index (χ3n) is 4.59. The summed E-state index contributed by atoms with van der Waals surface area (Å²) in [7, 11) is 0. The molecule has 0 radical (unpaired) electrons. The van der Waals surface area contributed by atoms with E-state index in [1.54, 1.807) is 6.20 Å². The molecule has 0 atom stereocenters. The van der Waals surface area contributed by atoms with Crippen LogP contribution >= 0.6 is 0 Å². The number of nitrogens with two attached hydrogens (primary N) is 1. The van der Waals surface area contributed by atoms with Crippen molar-refractivity contribution in [2.24, 2.45) is 11.7 Å². The van der Waals surface area contributed by atoms with Crippen LogP contribution in [0.2, 0.25) is 0 Å².